The van der Waals surface area contributed by atoms with Crippen LogP contribution in [0.3, 0.4) is 0 Å². The molecule has 2 aromatic carbocycles. The Hall–Kier alpha value is -1.65. The number of nitrogens with one attached hydrogen (secondary N) is 1. The highest BCUT2D eigenvalue weighted by Crippen LogP contribution is 2.16. The summed E-state index contributed by atoms with van der Waals surface area (Å²) in [5.74, 6) is -0.274. The fraction of sp³-hybridized carbons (Fsp3) is 0.278. The average Bonchev–Trinajstić information content (AvgIpc) is 2.54. The molecule has 0 heterocycles. The van der Waals surface area contributed by atoms with Gasteiger partial charge in [0, 0.05) is 17.1 Å². The van der Waals surface area contributed by atoms with E-state index < -0.39 is 0 Å². The summed E-state index contributed by atoms with van der Waals surface area (Å²) in [4.78, 5) is 11.8. The Morgan fingerprint density at radius 1 is 1.23 bits per heavy atom. The second-order valence-electron chi connectivity index (χ2n) is 5.07. The van der Waals surface area contributed by atoms with Crippen LogP contribution in [0.5, 0.6) is 0 Å². The van der Waals surface area contributed by atoms with Crippen LogP contribution in [0.25, 0.3) is 0 Å². The number of hydrogen-bond donors (Lipinski definition) is 1. The van der Waals surface area contributed by atoms with Gasteiger partial charge in [0.1, 0.15) is 0 Å². The summed E-state index contributed by atoms with van der Waals surface area (Å²) in [7, 11) is 0. The molecular formula is C18H20BrNO2. The molecule has 0 aromatic heterocycles. The number of hydrogen-bond acceptors (Lipinski definition) is 3. The molecule has 0 spiro atoms. The van der Waals surface area contributed by atoms with Gasteiger partial charge in [-0.2, -0.15) is 0 Å². The molecule has 1 N–H and O–H groups in total. The van der Waals surface area contributed by atoms with Gasteiger partial charge in [-0.3, -0.25) is 0 Å². The van der Waals surface area contributed by atoms with Crippen molar-refractivity contribution >= 4 is 21.9 Å². The molecule has 0 aliphatic carbocycles. The highest BCUT2D eigenvalue weighted by Gasteiger charge is 2.10. The van der Waals surface area contributed by atoms with Crippen molar-refractivity contribution in [3.8, 4) is 0 Å². The second-order valence-corrected chi connectivity index (χ2v) is 5.99. The summed E-state index contributed by atoms with van der Waals surface area (Å²) in [6.45, 7) is 5.06. The molecule has 0 amide bonds. The number of benzene rings is 2. The van der Waals surface area contributed by atoms with Crippen molar-refractivity contribution in [3.63, 3.8) is 0 Å². The number of ether oxygens (including phenoxy) is 1. The van der Waals surface area contributed by atoms with E-state index in [-0.39, 0.29) is 12.0 Å². The van der Waals surface area contributed by atoms with Crippen LogP contribution < -0.4 is 5.32 Å². The Balaban J connectivity index is 2.00. The molecule has 0 bridgehead atoms. The van der Waals surface area contributed by atoms with Gasteiger partial charge >= 0.3 is 5.97 Å². The first-order valence-electron chi connectivity index (χ1n) is 7.35. The van der Waals surface area contributed by atoms with E-state index in [2.05, 4.69) is 40.3 Å². The maximum absolute atomic E-state index is 11.8. The zero-order valence-electron chi connectivity index (χ0n) is 12.8. The lowest BCUT2D eigenvalue weighted by molar-refractivity contribution is 0.0526. The fourth-order valence-corrected chi connectivity index (χ4v) is 2.40. The lowest BCUT2D eigenvalue weighted by atomic mass is 10.0. The van der Waals surface area contributed by atoms with E-state index in [1.165, 1.54) is 5.56 Å². The smallest absolute Gasteiger partial charge is 0.338 e. The van der Waals surface area contributed by atoms with Gasteiger partial charge in [-0.05, 0) is 49.2 Å². The summed E-state index contributed by atoms with van der Waals surface area (Å²) in [5.41, 5.74) is 2.89. The normalized spacial score (nSPS) is 12.0. The van der Waals surface area contributed by atoms with Gasteiger partial charge in [0.25, 0.3) is 0 Å². The van der Waals surface area contributed by atoms with Crippen molar-refractivity contribution in [2.45, 2.75) is 26.4 Å². The van der Waals surface area contributed by atoms with Gasteiger partial charge in [-0.15, -0.1) is 0 Å². The van der Waals surface area contributed by atoms with E-state index >= 15 is 0 Å². The minimum absolute atomic E-state index is 0.151. The van der Waals surface area contributed by atoms with Gasteiger partial charge in [-0.25, -0.2) is 4.79 Å². The third-order valence-electron chi connectivity index (χ3n) is 3.42. The Bertz CT molecular complexity index is 625. The quantitative estimate of drug-likeness (QED) is 0.771. The minimum atomic E-state index is -0.274. The van der Waals surface area contributed by atoms with Crippen LogP contribution in [0, 0.1) is 0 Å². The van der Waals surface area contributed by atoms with E-state index in [9.17, 15) is 4.79 Å². The number of rotatable bonds is 6. The van der Waals surface area contributed by atoms with Crippen molar-refractivity contribution in [1.29, 1.82) is 0 Å². The first-order valence-corrected chi connectivity index (χ1v) is 8.14. The van der Waals surface area contributed by atoms with Gasteiger partial charge in [0.15, 0.2) is 0 Å². The molecule has 0 unspecified atom stereocenters. The number of esters is 1. The predicted molar refractivity (Wildman–Crippen MR) is 91.8 cm³/mol. The monoisotopic (exact) mass is 361 g/mol. The molecule has 4 heteroatoms. The highest BCUT2D eigenvalue weighted by molar-refractivity contribution is 9.10. The van der Waals surface area contributed by atoms with Crippen molar-refractivity contribution < 1.29 is 9.53 Å². The van der Waals surface area contributed by atoms with Crippen molar-refractivity contribution in [3.05, 3.63) is 69.7 Å². The van der Waals surface area contributed by atoms with Crippen LogP contribution >= 0.6 is 15.9 Å². The highest BCUT2D eigenvalue weighted by atomic mass is 79.9. The molecule has 3 nitrogen and oxygen atoms in total. The lowest BCUT2D eigenvalue weighted by Crippen LogP contribution is -2.18. The molecule has 0 radical (unpaired) electrons. The van der Waals surface area contributed by atoms with E-state index in [1.807, 2.05) is 37.3 Å². The van der Waals surface area contributed by atoms with Crippen LogP contribution in [0.2, 0.25) is 0 Å². The van der Waals surface area contributed by atoms with Crippen LogP contribution in [0.4, 0.5) is 0 Å². The summed E-state index contributed by atoms with van der Waals surface area (Å²) in [5, 5.41) is 3.47. The van der Waals surface area contributed by atoms with Crippen LogP contribution in [-0.2, 0) is 11.3 Å². The second kappa shape index (κ2) is 8.11. The molecule has 22 heavy (non-hydrogen) atoms. The fourth-order valence-electron chi connectivity index (χ4n) is 2.14. The number of carbonyl (C=O) groups is 1. The standard InChI is InChI=1S/C18H20BrNO2/c1-3-22-18(21)16-6-4-5-15(11-16)13(2)20-12-14-7-9-17(19)10-8-14/h4-11,13,20H,3,12H2,1-2H3/t13-/m0/s1. The molecular weight excluding hydrogens is 342 g/mol. The molecule has 2 rings (SSSR count). The summed E-state index contributed by atoms with van der Waals surface area (Å²) >= 11 is 3.43. The molecule has 0 saturated carbocycles. The van der Waals surface area contributed by atoms with Crippen LogP contribution in [0.1, 0.15) is 41.4 Å². The third-order valence-corrected chi connectivity index (χ3v) is 3.95. The maximum atomic E-state index is 11.8. The van der Waals surface area contributed by atoms with Crippen LogP contribution in [0.15, 0.2) is 53.0 Å². The van der Waals surface area contributed by atoms with Gasteiger partial charge in [0.05, 0.1) is 12.2 Å². The third kappa shape index (κ3) is 4.68. The van der Waals surface area contributed by atoms with Crippen molar-refractivity contribution in [2.75, 3.05) is 6.61 Å². The maximum Gasteiger partial charge on any atom is 0.338 e. The number of halogens is 1. The van der Waals surface area contributed by atoms with Crippen molar-refractivity contribution in [2.24, 2.45) is 0 Å². The predicted octanol–water partition coefficient (Wildman–Crippen LogP) is 4.48. The summed E-state index contributed by atoms with van der Waals surface area (Å²) < 4.78 is 6.11. The molecule has 116 valence electrons. The largest absolute Gasteiger partial charge is 0.462 e. The Labute approximate surface area is 139 Å². The van der Waals surface area contributed by atoms with E-state index in [0.717, 1.165) is 16.6 Å². The van der Waals surface area contributed by atoms with Gasteiger partial charge in [0.2, 0.25) is 0 Å². The minimum Gasteiger partial charge on any atom is -0.462 e. The zero-order valence-corrected chi connectivity index (χ0v) is 14.4. The van der Waals surface area contributed by atoms with E-state index in [1.54, 1.807) is 6.07 Å². The van der Waals surface area contributed by atoms with Gasteiger partial charge in [-0.1, -0.05) is 40.2 Å². The van der Waals surface area contributed by atoms with Crippen molar-refractivity contribution in [1.82, 2.24) is 5.32 Å². The molecule has 0 fully saturated rings. The average molecular weight is 362 g/mol. The van der Waals surface area contributed by atoms with E-state index in [0.29, 0.717) is 12.2 Å². The first kappa shape index (κ1) is 16.7. The first-order chi connectivity index (χ1) is 10.6. The Kier molecular flexibility index (Phi) is 6.16. The Morgan fingerprint density at radius 2 is 1.95 bits per heavy atom. The van der Waals surface area contributed by atoms with Gasteiger partial charge < -0.3 is 10.1 Å². The Morgan fingerprint density at radius 3 is 2.64 bits per heavy atom. The molecule has 2 aromatic rings. The number of carbonyl (C=O) groups excluding carboxylic acids is 1. The van der Waals surface area contributed by atoms with E-state index in [4.69, 9.17) is 4.74 Å². The molecule has 1 atom stereocenters. The summed E-state index contributed by atoms with van der Waals surface area (Å²) in [6.07, 6.45) is 0. The SMILES string of the molecule is CCOC(=O)c1cccc([C@H](C)NCc2ccc(Br)cc2)c1. The molecule has 0 aliphatic rings. The lowest BCUT2D eigenvalue weighted by Gasteiger charge is -2.15. The zero-order chi connectivity index (χ0) is 15.9. The summed E-state index contributed by atoms with van der Waals surface area (Å²) in [6, 6.07) is 15.9. The van der Waals surface area contributed by atoms with Crippen LogP contribution in [-0.4, -0.2) is 12.6 Å². The molecule has 0 aliphatic heterocycles. The topological polar surface area (TPSA) is 38.3 Å². The molecule has 0 saturated heterocycles.